The van der Waals surface area contributed by atoms with E-state index in [9.17, 15) is 0 Å². The van der Waals surface area contributed by atoms with Gasteiger partial charge in [-0.25, -0.2) is 4.98 Å². The molecule has 2 N–H and O–H groups in total. The molecule has 8 heteroatoms. The van der Waals surface area contributed by atoms with Gasteiger partial charge < -0.3 is 19.6 Å². The summed E-state index contributed by atoms with van der Waals surface area (Å²) in [5, 5.41) is 0. The zero-order chi connectivity index (χ0) is 15.4. The summed E-state index contributed by atoms with van der Waals surface area (Å²) in [7, 11) is 0. The number of nitrogens with two attached hydrogens (primary N) is 1. The first-order chi connectivity index (χ1) is 10.7. The van der Waals surface area contributed by atoms with Gasteiger partial charge >= 0.3 is 0 Å². The van der Waals surface area contributed by atoms with Gasteiger partial charge in [-0.05, 0) is 34.7 Å². The van der Waals surface area contributed by atoms with Crippen LogP contribution in [0.5, 0.6) is 5.88 Å². The van der Waals surface area contributed by atoms with Gasteiger partial charge in [-0.3, -0.25) is 4.90 Å². The van der Waals surface area contributed by atoms with E-state index in [-0.39, 0.29) is 5.95 Å². The van der Waals surface area contributed by atoms with Gasteiger partial charge in [0.05, 0.1) is 19.5 Å². The minimum atomic E-state index is 0.174. The number of ether oxygens (including phenoxy) is 2. The molecular weight excluding hydrogens is 399 g/mol. The summed E-state index contributed by atoms with van der Waals surface area (Å²) in [6, 6.07) is 3.64. The lowest BCUT2D eigenvalue weighted by Gasteiger charge is -2.26. The van der Waals surface area contributed by atoms with E-state index in [2.05, 4.69) is 37.5 Å². The molecule has 2 aromatic rings. The second-order valence-corrected chi connectivity index (χ2v) is 5.91. The Kier molecular flexibility index (Phi) is 5.11. The van der Waals surface area contributed by atoms with Crippen molar-refractivity contribution in [1.29, 1.82) is 0 Å². The Morgan fingerprint density at radius 2 is 2.14 bits per heavy atom. The lowest BCUT2D eigenvalue weighted by Crippen LogP contribution is -2.38. The number of aromatic nitrogens is 2. The number of halogens is 1. The summed E-state index contributed by atoms with van der Waals surface area (Å²) in [5.41, 5.74) is 6.43. The van der Waals surface area contributed by atoms with Crippen LogP contribution in [0.3, 0.4) is 0 Å². The topological polar surface area (TPSA) is 86.6 Å². The minimum absolute atomic E-state index is 0.174. The van der Waals surface area contributed by atoms with Crippen LogP contribution in [0.1, 0.15) is 0 Å². The predicted octanol–water partition coefficient (Wildman–Crippen LogP) is 1.63. The smallest absolute Gasteiger partial charge is 0.232 e. The molecule has 0 aliphatic carbocycles. The molecule has 0 unspecified atom stereocenters. The molecule has 1 aliphatic heterocycles. The molecule has 0 amide bonds. The molecule has 2 aromatic heterocycles. The van der Waals surface area contributed by atoms with Crippen LogP contribution in [0.4, 0.5) is 5.95 Å². The van der Waals surface area contributed by atoms with Gasteiger partial charge in [0.25, 0.3) is 0 Å². The summed E-state index contributed by atoms with van der Waals surface area (Å²) in [4.78, 5) is 10.7. The molecule has 0 aromatic carbocycles. The molecule has 118 valence electrons. The number of morpholine rings is 1. The van der Waals surface area contributed by atoms with E-state index in [0.717, 1.165) is 36.4 Å². The Morgan fingerprint density at radius 3 is 2.86 bits per heavy atom. The van der Waals surface area contributed by atoms with Crippen molar-refractivity contribution in [2.45, 2.75) is 0 Å². The standard InChI is InChI=1S/C14H17IN4O3/c15-11-12(10-2-1-6-21-10)17-14(16)18-13(11)22-9-5-19-3-7-20-8-4-19/h1-2,6H,3-5,7-9H2,(H2,16,17,18). The number of anilines is 1. The van der Waals surface area contributed by atoms with Crippen LogP contribution < -0.4 is 10.5 Å². The van der Waals surface area contributed by atoms with Crippen LogP contribution in [0.15, 0.2) is 22.8 Å². The number of hydrogen-bond acceptors (Lipinski definition) is 7. The third kappa shape index (κ3) is 3.68. The molecule has 0 spiro atoms. The van der Waals surface area contributed by atoms with Gasteiger partial charge in [0.1, 0.15) is 15.9 Å². The van der Waals surface area contributed by atoms with Gasteiger partial charge in [0, 0.05) is 19.6 Å². The van der Waals surface area contributed by atoms with Crippen molar-refractivity contribution in [3.8, 4) is 17.3 Å². The highest BCUT2D eigenvalue weighted by Gasteiger charge is 2.17. The third-order valence-electron chi connectivity index (χ3n) is 3.34. The van der Waals surface area contributed by atoms with Crippen LogP contribution in [0.25, 0.3) is 11.5 Å². The van der Waals surface area contributed by atoms with Crippen molar-refractivity contribution >= 4 is 28.5 Å². The molecule has 0 atom stereocenters. The summed E-state index contributed by atoms with van der Waals surface area (Å²) >= 11 is 2.15. The largest absolute Gasteiger partial charge is 0.475 e. The summed E-state index contributed by atoms with van der Waals surface area (Å²) < 4.78 is 17.3. The van der Waals surface area contributed by atoms with Crippen LogP contribution in [-0.4, -0.2) is 54.3 Å². The van der Waals surface area contributed by atoms with Gasteiger partial charge in [-0.1, -0.05) is 0 Å². The van der Waals surface area contributed by atoms with E-state index in [1.165, 1.54) is 0 Å². The maximum absolute atomic E-state index is 5.80. The average Bonchev–Trinajstić information content (AvgIpc) is 3.05. The number of nitrogens with zero attached hydrogens (tertiary/aromatic N) is 3. The first kappa shape index (κ1) is 15.5. The molecule has 0 saturated carbocycles. The van der Waals surface area contributed by atoms with Crippen LogP contribution >= 0.6 is 22.6 Å². The van der Waals surface area contributed by atoms with Crippen molar-refractivity contribution in [1.82, 2.24) is 14.9 Å². The second-order valence-electron chi connectivity index (χ2n) is 4.83. The number of hydrogen-bond donors (Lipinski definition) is 1. The van der Waals surface area contributed by atoms with E-state index in [1.54, 1.807) is 6.26 Å². The number of furan rings is 1. The normalized spacial score (nSPS) is 15.9. The first-order valence-corrected chi connectivity index (χ1v) is 8.11. The average molecular weight is 416 g/mol. The molecule has 1 saturated heterocycles. The highest BCUT2D eigenvalue weighted by molar-refractivity contribution is 14.1. The molecule has 3 heterocycles. The van der Waals surface area contributed by atoms with Crippen LogP contribution in [0, 0.1) is 3.57 Å². The zero-order valence-electron chi connectivity index (χ0n) is 12.0. The van der Waals surface area contributed by atoms with Crippen LogP contribution in [-0.2, 0) is 4.74 Å². The van der Waals surface area contributed by atoms with Gasteiger partial charge in [-0.2, -0.15) is 4.98 Å². The lowest BCUT2D eigenvalue weighted by molar-refractivity contribution is 0.0319. The molecule has 3 rings (SSSR count). The molecule has 1 aliphatic rings. The summed E-state index contributed by atoms with van der Waals surface area (Å²) in [5.74, 6) is 1.32. The Labute approximate surface area is 141 Å². The minimum Gasteiger partial charge on any atom is -0.475 e. The maximum Gasteiger partial charge on any atom is 0.232 e. The van der Waals surface area contributed by atoms with Gasteiger partial charge in [0.2, 0.25) is 11.8 Å². The van der Waals surface area contributed by atoms with E-state index in [1.807, 2.05) is 12.1 Å². The second kappa shape index (κ2) is 7.25. The lowest BCUT2D eigenvalue weighted by atomic mass is 10.3. The monoisotopic (exact) mass is 416 g/mol. The first-order valence-electron chi connectivity index (χ1n) is 7.04. The molecule has 1 fully saturated rings. The fourth-order valence-electron chi connectivity index (χ4n) is 2.21. The van der Waals surface area contributed by atoms with Gasteiger partial charge in [0.15, 0.2) is 5.76 Å². The molecule has 7 nitrogen and oxygen atoms in total. The third-order valence-corrected chi connectivity index (χ3v) is 4.32. The fourth-order valence-corrected chi connectivity index (χ4v) is 2.87. The Bertz CT molecular complexity index is 615. The van der Waals surface area contributed by atoms with Crippen molar-refractivity contribution in [3.05, 3.63) is 22.0 Å². The van der Waals surface area contributed by atoms with E-state index >= 15 is 0 Å². The Morgan fingerprint density at radius 1 is 1.32 bits per heavy atom. The molecule has 0 radical (unpaired) electrons. The fraction of sp³-hybridized carbons (Fsp3) is 0.429. The van der Waals surface area contributed by atoms with Crippen molar-refractivity contribution in [3.63, 3.8) is 0 Å². The molecule has 0 bridgehead atoms. The zero-order valence-corrected chi connectivity index (χ0v) is 14.2. The van der Waals surface area contributed by atoms with Gasteiger partial charge in [-0.15, -0.1) is 0 Å². The quantitative estimate of drug-likeness (QED) is 0.742. The summed E-state index contributed by atoms with van der Waals surface area (Å²) in [6.07, 6.45) is 1.60. The summed E-state index contributed by atoms with van der Waals surface area (Å²) in [6.45, 7) is 4.80. The Balaban J connectivity index is 1.68. The SMILES string of the molecule is Nc1nc(OCCN2CCOCC2)c(I)c(-c2ccco2)n1. The number of rotatable bonds is 5. The van der Waals surface area contributed by atoms with E-state index in [0.29, 0.717) is 23.9 Å². The Hall–Kier alpha value is -1.39. The highest BCUT2D eigenvalue weighted by atomic mass is 127. The number of nitrogen functional groups attached to an aromatic ring is 1. The van der Waals surface area contributed by atoms with Crippen molar-refractivity contribution in [2.75, 3.05) is 45.2 Å². The maximum atomic E-state index is 5.80. The van der Waals surface area contributed by atoms with Crippen molar-refractivity contribution in [2.24, 2.45) is 0 Å². The molecule has 22 heavy (non-hydrogen) atoms. The highest BCUT2D eigenvalue weighted by Crippen LogP contribution is 2.30. The van der Waals surface area contributed by atoms with Crippen molar-refractivity contribution < 1.29 is 13.9 Å². The van der Waals surface area contributed by atoms with E-state index in [4.69, 9.17) is 19.6 Å². The van der Waals surface area contributed by atoms with E-state index < -0.39 is 0 Å². The van der Waals surface area contributed by atoms with Crippen LogP contribution in [0.2, 0.25) is 0 Å². The predicted molar refractivity (Wildman–Crippen MR) is 89.6 cm³/mol. The molecular formula is C14H17IN4O3.